The summed E-state index contributed by atoms with van der Waals surface area (Å²) in [5, 5.41) is 6.65. The van der Waals surface area contributed by atoms with Gasteiger partial charge in [-0.05, 0) is 13.0 Å². The Hall–Kier alpha value is -2.44. The summed E-state index contributed by atoms with van der Waals surface area (Å²) in [4.78, 5) is 20.0. The molecule has 7 heteroatoms. The molecule has 0 saturated carbocycles. The lowest BCUT2D eigenvalue weighted by atomic mass is 10.3. The molecule has 0 aliphatic rings. The molecule has 18 heavy (non-hydrogen) atoms. The van der Waals surface area contributed by atoms with Gasteiger partial charge >= 0.3 is 0 Å². The van der Waals surface area contributed by atoms with Gasteiger partial charge in [0.25, 0.3) is 5.91 Å². The summed E-state index contributed by atoms with van der Waals surface area (Å²) < 4.78 is 1.45. The highest BCUT2D eigenvalue weighted by Gasteiger charge is 2.13. The van der Waals surface area contributed by atoms with Crippen LogP contribution in [0.25, 0.3) is 0 Å². The number of hydrogen-bond donors (Lipinski definition) is 2. The Morgan fingerprint density at radius 3 is 2.94 bits per heavy atom. The highest BCUT2D eigenvalue weighted by Crippen LogP contribution is 2.08. The van der Waals surface area contributed by atoms with Crippen molar-refractivity contribution in [3.8, 4) is 0 Å². The first kappa shape index (κ1) is 12.0. The van der Waals surface area contributed by atoms with Crippen LogP contribution in [0, 0.1) is 6.92 Å². The summed E-state index contributed by atoms with van der Waals surface area (Å²) in [6.07, 6.45) is 3.10. The number of nitrogens with zero attached hydrogens (tertiary/aromatic N) is 4. The van der Waals surface area contributed by atoms with Crippen molar-refractivity contribution in [2.24, 2.45) is 7.05 Å². The van der Waals surface area contributed by atoms with Crippen molar-refractivity contribution in [3.63, 3.8) is 0 Å². The molecule has 0 saturated heterocycles. The van der Waals surface area contributed by atoms with Gasteiger partial charge in [-0.25, -0.2) is 9.97 Å². The van der Waals surface area contributed by atoms with E-state index in [1.807, 2.05) is 0 Å². The molecule has 0 spiro atoms. The van der Waals surface area contributed by atoms with Gasteiger partial charge in [0.15, 0.2) is 0 Å². The fraction of sp³-hybridized carbons (Fsp3) is 0.273. The SMILES string of the molecule is Cc1nccc(CNC(=O)c2cnn(C)c2N)n1. The lowest BCUT2D eigenvalue weighted by Gasteiger charge is -2.04. The van der Waals surface area contributed by atoms with Crippen LogP contribution in [-0.2, 0) is 13.6 Å². The quantitative estimate of drug-likeness (QED) is 0.796. The van der Waals surface area contributed by atoms with Crippen LogP contribution in [0.15, 0.2) is 18.5 Å². The zero-order valence-corrected chi connectivity index (χ0v) is 10.2. The van der Waals surface area contributed by atoms with Crippen LogP contribution >= 0.6 is 0 Å². The zero-order valence-electron chi connectivity index (χ0n) is 10.2. The van der Waals surface area contributed by atoms with Gasteiger partial charge in [0.2, 0.25) is 0 Å². The van der Waals surface area contributed by atoms with Crippen molar-refractivity contribution < 1.29 is 4.79 Å². The minimum Gasteiger partial charge on any atom is -0.383 e. The topological polar surface area (TPSA) is 98.7 Å². The number of nitrogens with one attached hydrogen (secondary N) is 1. The van der Waals surface area contributed by atoms with Crippen LogP contribution in [0.4, 0.5) is 5.82 Å². The normalized spacial score (nSPS) is 10.3. The molecule has 0 radical (unpaired) electrons. The van der Waals surface area contributed by atoms with Gasteiger partial charge in [0.05, 0.1) is 18.4 Å². The average molecular weight is 246 g/mol. The highest BCUT2D eigenvalue weighted by molar-refractivity contribution is 5.98. The molecule has 0 atom stereocenters. The lowest BCUT2D eigenvalue weighted by molar-refractivity contribution is 0.0951. The van der Waals surface area contributed by atoms with E-state index < -0.39 is 0 Å². The molecule has 0 fully saturated rings. The smallest absolute Gasteiger partial charge is 0.256 e. The molecule has 0 bridgehead atoms. The molecule has 0 aromatic carbocycles. The van der Waals surface area contributed by atoms with E-state index in [2.05, 4.69) is 20.4 Å². The molecule has 2 rings (SSSR count). The summed E-state index contributed by atoms with van der Waals surface area (Å²) in [6.45, 7) is 2.13. The molecular formula is C11H14N6O. The highest BCUT2D eigenvalue weighted by atomic mass is 16.1. The summed E-state index contributed by atoms with van der Waals surface area (Å²) >= 11 is 0. The van der Waals surface area contributed by atoms with E-state index in [9.17, 15) is 4.79 Å². The largest absolute Gasteiger partial charge is 0.383 e. The van der Waals surface area contributed by atoms with Gasteiger partial charge in [-0.3, -0.25) is 9.48 Å². The van der Waals surface area contributed by atoms with Crippen molar-refractivity contribution in [3.05, 3.63) is 35.5 Å². The van der Waals surface area contributed by atoms with Gasteiger partial charge in [-0.15, -0.1) is 0 Å². The molecule has 0 unspecified atom stereocenters. The number of hydrogen-bond acceptors (Lipinski definition) is 5. The number of nitrogen functional groups attached to an aromatic ring is 1. The number of amides is 1. The fourth-order valence-corrected chi connectivity index (χ4v) is 1.49. The maximum absolute atomic E-state index is 11.8. The van der Waals surface area contributed by atoms with Crippen LogP contribution in [0.3, 0.4) is 0 Å². The van der Waals surface area contributed by atoms with Crippen LogP contribution in [-0.4, -0.2) is 25.7 Å². The third kappa shape index (κ3) is 2.45. The van der Waals surface area contributed by atoms with E-state index in [-0.39, 0.29) is 5.91 Å². The number of aromatic nitrogens is 4. The van der Waals surface area contributed by atoms with Crippen molar-refractivity contribution in [1.82, 2.24) is 25.1 Å². The van der Waals surface area contributed by atoms with Gasteiger partial charge < -0.3 is 11.1 Å². The Balaban J connectivity index is 2.03. The first-order valence-electron chi connectivity index (χ1n) is 5.42. The van der Waals surface area contributed by atoms with Crippen molar-refractivity contribution in [2.45, 2.75) is 13.5 Å². The van der Waals surface area contributed by atoms with Crippen LogP contribution < -0.4 is 11.1 Å². The Morgan fingerprint density at radius 2 is 2.33 bits per heavy atom. The molecule has 1 amide bonds. The van der Waals surface area contributed by atoms with Gasteiger partial charge in [0.1, 0.15) is 17.2 Å². The van der Waals surface area contributed by atoms with Crippen molar-refractivity contribution >= 4 is 11.7 Å². The van der Waals surface area contributed by atoms with Crippen LogP contribution in [0.1, 0.15) is 21.9 Å². The minimum atomic E-state index is -0.267. The number of anilines is 1. The maximum atomic E-state index is 11.8. The molecule has 2 aromatic heterocycles. The summed E-state index contributed by atoms with van der Waals surface area (Å²) in [5.74, 6) is 0.742. The number of carbonyl (C=O) groups excluding carboxylic acids is 1. The minimum absolute atomic E-state index is 0.267. The summed E-state index contributed by atoms with van der Waals surface area (Å²) in [5.41, 5.74) is 6.82. The van der Waals surface area contributed by atoms with E-state index in [0.29, 0.717) is 23.8 Å². The van der Waals surface area contributed by atoms with E-state index in [0.717, 1.165) is 5.69 Å². The number of aryl methyl sites for hydroxylation is 2. The summed E-state index contributed by atoms with van der Waals surface area (Å²) in [7, 11) is 1.68. The zero-order chi connectivity index (χ0) is 13.1. The Morgan fingerprint density at radius 1 is 1.56 bits per heavy atom. The van der Waals surface area contributed by atoms with Crippen molar-refractivity contribution in [2.75, 3.05) is 5.73 Å². The Labute approximate surface area is 104 Å². The molecule has 2 heterocycles. The Bertz CT molecular complexity index is 577. The van der Waals surface area contributed by atoms with Crippen LogP contribution in [0.5, 0.6) is 0 Å². The molecular weight excluding hydrogens is 232 g/mol. The third-order valence-corrected chi connectivity index (χ3v) is 2.49. The van der Waals surface area contributed by atoms with E-state index in [1.165, 1.54) is 10.9 Å². The van der Waals surface area contributed by atoms with E-state index >= 15 is 0 Å². The number of carbonyl (C=O) groups is 1. The van der Waals surface area contributed by atoms with Crippen LogP contribution in [0.2, 0.25) is 0 Å². The standard InChI is InChI=1S/C11H14N6O/c1-7-13-4-3-8(16-7)5-14-11(18)9-6-15-17(2)10(9)12/h3-4,6H,5,12H2,1-2H3,(H,14,18). The van der Waals surface area contributed by atoms with E-state index in [4.69, 9.17) is 5.73 Å². The molecule has 3 N–H and O–H groups in total. The predicted octanol–water partition coefficient (Wildman–Crippen LogP) is 0.0307. The average Bonchev–Trinajstić information content (AvgIpc) is 2.67. The fourth-order valence-electron chi connectivity index (χ4n) is 1.49. The molecule has 0 aliphatic carbocycles. The van der Waals surface area contributed by atoms with Crippen molar-refractivity contribution in [1.29, 1.82) is 0 Å². The second kappa shape index (κ2) is 4.82. The molecule has 0 aliphatic heterocycles. The van der Waals surface area contributed by atoms with Gasteiger partial charge in [-0.1, -0.05) is 0 Å². The maximum Gasteiger partial charge on any atom is 0.256 e. The molecule has 7 nitrogen and oxygen atoms in total. The first-order chi connectivity index (χ1) is 8.58. The number of rotatable bonds is 3. The predicted molar refractivity (Wildman–Crippen MR) is 65.6 cm³/mol. The first-order valence-corrected chi connectivity index (χ1v) is 5.42. The van der Waals surface area contributed by atoms with Gasteiger partial charge in [-0.2, -0.15) is 5.10 Å². The third-order valence-electron chi connectivity index (χ3n) is 2.49. The Kier molecular flexibility index (Phi) is 3.22. The molecule has 94 valence electrons. The monoisotopic (exact) mass is 246 g/mol. The second-order valence-corrected chi connectivity index (χ2v) is 3.84. The second-order valence-electron chi connectivity index (χ2n) is 3.84. The lowest BCUT2D eigenvalue weighted by Crippen LogP contribution is -2.24. The molecule has 2 aromatic rings. The van der Waals surface area contributed by atoms with E-state index in [1.54, 1.807) is 26.2 Å². The number of nitrogens with two attached hydrogens (primary N) is 1. The van der Waals surface area contributed by atoms with Gasteiger partial charge in [0, 0.05) is 13.2 Å². The summed E-state index contributed by atoms with van der Waals surface area (Å²) in [6, 6.07) is 1.75.